The highest BCUT2D eigenvalue weighted by Crippen LogP contribution is 2.22. The second-order valence-electron chi connectivity index (χ2n) is 7.85. The molecule has 7 nitrogen and oxygen atoms in total. The van der Waals surface area contributed by atoms with Crippen molar-refractivity contribution < 1.29 is 9.59 Å². The van der Waals surface area contributed by atoms with Crippen LogP contribution >= 0.6 is 11.3 Å². The van der Waals surface area contributed by atoms with Crippen LogP contribution in [-0.4, -0.2) is 53.9 Å². The summed E-state index contributed by atoms with van der Waals surface area (Å²) in [6.45, 7) is 2.85. The van der Waals surface area contributed by atoms with E-state index in [4.69, 9.17) is 5.26 Å². The molecule has 1 atom stereocenters. The van der Waals surface area contributed by atoms with Crippen molar-refractivity contribution in [1.29, 1.82) is 5.26 Å². The van der Waals surface area contributed by atoms with Gasteiger partial charge in [-0.2, -0.15) is 5.26 Å². The first kappa shape index (κ1) is 20.4. The smallest absolute Gasteiger partial charge is 0.263 e. The topological polar surface area (TPSA) is 89.3 Å². The number of hydrogen-bond acceptors (Lipinski definition) is 6. The number of rotatable bonds is 4. The van der Waals surface area contributed by atoms with Crippen molar-refractivity contribution in [2.24, 2.45) is 5.92 Å². The molecule has 2 aliphatic heterocycles. The number of hydrogen-bond donors (Lipinski definition) is 1. The number of nitriles is 1. The van der Waals surface area contributed by atoms with E-state index in [1.807, 2.05) is 28.5 Å². The Bertz CT molecular complexity index is 914. The zero-order chi connectivity index (χ0) is 20.9. The highest BCUT2D eigenvalue weighted by Gasteiger charge is 2.31. The number of anilines is 1. The summed E-state index contributed by atoms with van der Waals surface area (Å²) in [4.78, 5) is 34.5. The molecule has 2 aliphatic rings. The normalized spacial score (nSPS) is 19.9. The Morgan fingerprint density at radius 2 is 2.00 bits per heavy atom. The summed E-state index contributed by atoms with van der Waals surface area (Å²) >= 11 is 1.45. The second kappa shape index (κ2) is 9.26. The van der Waals surface area contributed by atoms with Crippen LogP contribution in [-0.2, 0) is 4.79 Å². The van der Waals surface area contributed by atoms with E-state index in [0.29, 0.717) is 12.1 Å². The molecule has 0 radical (unpaired) electrons. The molecule has 0 aromatic carbocycles. The Morgan fingerprint density at radius 3 is 2.67 bits per heavy atom. The maximum Gasteiger partial charge on any atom is 0.263 e. The number of carbonyl (C=O) groups is 2. The lowest BCUT2D eigenvalue weighted by Crippen LogP contribution is -2.50. The van der Waals surface area contributed by atoms with Crippen LogP contribution in [0.4, 0.5) is 5.82 Å². The van der Waals surface area contributed by atoms with Gasteiger partial charge in [0.1, 0.15) is 11.9 Å². The van der Waals surface area contributed by atoms with Gasteiger partial charge in [-0.3, -0.25) is 9.59 Å². The molecule has 2 amide bonds. The van der Waals surface area contributed by atoms with E-state index in [0.717, 1.165) is 56.0 Å². The minimum atomic E-state index is -0.138. The molecule has 2 saturated heterocycles. The molecule has 4 heterocycles. The monoisotopic (exact) mass is 423 g/mol. The average molecular weight is 424 g/mol. The van der Waals surface area contributed by atoms with Gasteiger partial charge in [0.2, 0.25) is 5.91 Å². The fraction of sp³-hybridized carbons (Fsp3) is 0.455. The van der Waals surface area contributed by atoms with Crippen LogP contribution in [0.3, 0.4) is 0 Å². The van der Waals surface area contributed by atoms with Gasteiger partial charge in [0.25, 0.3) is 5.91 Å². The summed E-state index contributed by atoms with van der Waals surface area (Å²) in [6.07, 6.45) is 5.00. The van der Waals surface area contributed by atoms with Crippen molar-refractivity contribution in [3.05, 3.63) is 46.3 Å². The minimum Gasteiger partial charge on any atom is -0.356 e. The van der Waals surface area contributed by atoms with Crippen LogP contribution in [0.15, 0.2) is 35.8 Å². The van der Waals surface area contributed by atoms with Crippen LogP contribution < -0.4 is 10.2 Å². The van der Waals surface area contributed by atoms with Crippen LogP contribution in [0.25, 0.3) is 0 Å². The average Bonchev–Trinajstić information content (AvgIpc) is 3.34. The number of likely N-dealkylation sites (tertiary alicyclic amines) is 1. The van der Waals surface area contributed by atoms with Crippen molar-refractivity contribution >= 4 is 29.0 Å². The summed E-state index contributed by atoms with van der Waals surface area (Å²) in [5, 5.41) is 14.0. The van der Waals surface area contributed by atoms with E-state index < -0.39 is 0 Å². The molecule has 8 heteroatoms. The molecule has 1 N–H and O–H groups in total. The van der Waals surface area contributed by atoms with Crippen LogP contribution in [0.5, 0.6) is 0 Å². The maximum absolute atomic E-state index is 12.8. The van der Waals surface area contributed by atoms with Crippen molar-refractivity contribution in [3.63, 3.8) is 0 Å². The number of carbonyl (C=O) groups excluding carboxylic acids is 2. The van der Waals surface area contributed by atoms with Gasteiger partial charge in [0, 0.05) is 38.4 Å². The van der Waals surface area contributed by atoms with Crippen LogP contribution in [0, 0.1) is 17.2 Å². The third-order valence-corrected chi connectivity index (χ3v) is 6.71. The molecule has 30 heavy (non-hydrogen) atoms. The van der Waals surface area contributed by atoms with E-state index in [2.05, 4.69) is 21.3 Å². The fourth-order valence-corrected chi connectivity index (χ4v) is 4.83. The van der Waals surface area contributed by atoms with Crippen LogP contribution in [0.2, 0.25) is 0 Å². The number of aromatic nitrogens is 1. The van der Waals surface area contributed by atoms with E-state index >= 15 is 0 Å². The summed E-state index contributed by atoms with van der Waals surface area (Å²) in [6, 6.07) is 9.61. The van der Waals surface area contributed by atoms with Crippen molar-refractivity contribution in [1.82, 2.24) is 15.2 Å². The Hall–Kier alpha value is -2.92. The summed E-state index contributed by atoms with van der Waals surface area (Å²) in [7, 11) is 0. The van der Waals surface area contributed by atoms with Crippen molar-refractivity contribution in [2.75, 3.05) is 31.1 Å². The number of pyridine rings is 1. The molecule has 156 valence electrons. The van der Waals surface area contributed by atoms with Gasteiger partial charge < -0.3 is 15.1 Å². The largest absolute Gasteiger partial charge is 0.356 e. The number of amides is 2. The summed E-state index contributed by atoms with van der Waals surface area (Å²) < 4.78 is 0. The zero-order valence-corrected chi connectivity index (χ0v) is 17.6. The predicted molar refractivity (Wildman–Crippen MR) is 115 cm³/mol. The maximum atomic E-state index is 12.8. The molecule has 0 spiro atoms. The molecule has 2 aromatic rings. The Morgan fingerprint density at radius 1 is 1.17 bits per heavy atom. The first-order valence-electron chi connectivity index (χ1n) is 10.4. The van der Waals surface area contributed by atoms with Gasteiger partial charge in [0.15, 0.2) is 0 Å². The van der Waals surface area contributed by atoms with E-state index in [9.17, 15) is 9.59 Å². The highest BCUT2D eigenvalue weighted by molar-refractivity contribution is 7.12. The number of thiophene rings is 1. The zero-order valence-electron chi connectivity index (χ0n) is 16.8. The quantitative estimate of drug-likeness (QED) is 0.817. The summed E-state index contributed by atoms with van der Waals surface area (Å²) in [5.41, 5.74) is 0.556. The van der Waals surface area contributed by atoms with Gasteiger partial charge in [-0.05, 0) is 49.3 Å². The standard InChI is InChI=1S/C22H25N5O2S/c23-13-16-5-6-20(24-14-16)26-10-7-18(8-11-26)25-21(28)17-3-1-9-27(15-17)22(29)19-4-2-12-30-19/h2,4-6,12,14,17-18H,1,3,7-11,15H2,(H,25,28). The molecule has 1 unspecified atom stereocenters. The predicted octanol–water partition coefficient (Wildman–Crippen LogP) is 2.65. The lowest BCUT2D eigenvalue weighted by atomic mass is 9.95. The molecule has 2 aromatic heterocycles. The van der Waals surface area contributed by atoms with E-state index in [1.54, 1.807) is 12.3 Å². The van der Waals surface area contributed by atoms with Gasteiger partial charge in [-0.25, -0.2) is 4.98 Å². The SMILES string of the molecule is N#Cc1ccc(N2CCC(NC(=O)C3CCCN(C(=O)c4cccs4)C3)CC2)nc1. The number of nitrogens with one attached hydrogen (secondary N) is 1. The first-order chi connectivity index (χ1) is 14.6. The molecule has 0 saturated carbocycles. The van der Waals surface area contributed by atoms with Crippen molar-refractivity contribution in [2.45, 2.75) is 31.7 Å². The fourth-order valence-electron chi connectivity index (χ4n) is 4.14. The van der Waals surface area contributed by atoms with Gasteiger partial charge in [0.05, 0.1) is 16.4 Å². The number of nitrogens with zero attached hydrogens (tertiary/aromatic N) is 4. The third-order valence-electron chi connectivity index (χ3n) is 5.85. The molecular weight excluding hydrogens is 398 g/mol. The Labute approximate surface area is 180 Å². The molecule has 0 bridgehead atoms. The highest BCUT2D eigenvalue weighted by atomic mass is 32.1. The third kappa shape index (κ3) is 4.62. The minimum absolute atomic E-state index is 0.0331. The Balaban J connectivity index is 1.27. The lowest BCUT2D eigenvalue weighted by Gasteiger charge is -2.35. The Kier molecular flexibility index (Phi) is 6.29. The van der Waals surface area contributed by atoms with Gasteiger partial charge in [-0.15, -0.1) is 11.3 Å². The van der Waals surface area contributed by atoms with E-state index in [1.165, 1.54) is 11.3 Å². The van der Waals surface area contributed by atoms with Crippen molar-refractivity contribution in [3.8, 4) is 6.07 Å². The summed E-state index contributed by atoms with van der Waals surface area (Å²) in [5.74, 6) is 0.828. The molecule has 2 fully saturated rings. The van der Waals surface area contributed by atoms with E-state index in [-0.39, 0.29) is 23.8 Å². The molecule has 4 rings (SSSR count). The molecular formula is C22H25N5O2S. The first-order valence-corrected chi connectivity index (χ1v) is 11.3. The lowest BCUT2D eigenvalue weighted by molar-refractivity contribution is -0.127. The number of piperidine rings is 2. The van der Waals surface area contributed by atoms with Gasteiger partial charge in [-0.1, -0.05) is 6.07 Å². The second-order valence-corrected chi connectivity index (χ2v) is 8.80. The van der Waals surface area contributed by atoms with Crippen LogP contribution in [0.1, 0.15) is 40.9 Å². The van der Waals surface area contributed by atoms with Gasteiger partial charge >= 0.3 is 0 Å². The molecule has 0 aliphatic carbocycles.